The standard InChI is InChI=1S/C27H32ClN5O5/c28-20-2-3-22-26(37-17-36-22)25(20)32-27-24-21(30-16-31-27)14-19(15-23(24)38-18-4-12-34-13-5-18)35-11-1-8-33-9-6-29-7-10-33/h2-3,14-16,18,29H,1,4-13,17H2,(H,30,31,32). The van der Waals surface area contributed by atoms with Crippen LogP contribution in [0.3, 0.4) is 0 Å². The first-order valence-corrected chi connectivity index (χ1v) is 13.6. The van der Waals surface area contributed by atoms with Gasteiger partial charge in [0, 0.05) is 57.7 Å². The number of fused-ring (bicyclic) bond motifs is 2. The first-order chi connectivity index (χ1) is 18.7. The minimum absolute atomic E-state index is 0.0317. The summed E-state index contributed by atoms with van der Waals surface area (Å²) in [6, 6.07) is 7.43. The Bertz CT molecular complexity index is 1270. The number of rotatable bonds is 9. The summed E-state index contributed by atoms with van der Waals surface area (Å²) in [6.07, 6.45) is 4.13. The smallest absolute Gasteiger partial charge is 0.231 e. The molecule has 0 aliphatic carbocycles. The number of anilines is 2. The van der Waals surface area contributed by atoms with Crippen molar-refractivity contribution in [1.29, 1.82) is 0 Å². The largest absolute Gasteiger partial charge is 0.493 e. The van der Waals surface area contributed by atoms with Crippen LogP contribution >= 0.6 is 11.6 Å². The summed E-state index contributed by atoms with van der Waals surface area (Å²) in [6.45, 7) is 7.38. The van der Waals surface area contributed by atoms with E-state index < -0.39 is 0 Å². The Labute approximate surface area is 226 Å². The van der Waals surface area contributed by atoms with Gasteiger partial charge < -0.3 is 39.2 Å². The maximum atomic E-state index is 6.54. The third-order valence-electron chi connectivity index (χ3n) is 6.97. The number of benzene rings is 2. The van der Waals surface area contributed by atoms with E-state index in [1.165, 1.54) is 6.33 Å². The molecule has 6 rings (SSSR count). The molecule has 38 heavy (non-hydrogen) atoms. The van der Waals surface area contributed by atoms with Gasteiger partial charge in [-0.3, -0.25) is 0 Å². The predicted octanol–water partition coefficient (Wildman–Crippen LogP) is 3.99. The molecule has 0 saturated carbocycles. The van der Waals surface area contributed by atoms with E-state index in [9.17, 15) is 0 Å². The first kappa shape index (κ1) is 25.2. The first-order valence-electron chi connectivity index (χ1n) is 13.2. The van der Waals surface area contributed by atoms with Crippen LogP contribution in [0, 0.1) is 0 Å². The molecule has 0 amide bonds. The zero-order valence-corrected chi connectivity index (χ0v) is 22.0. The number of nitrogens with zero attached hydrogens (tertiary/aromatic N) is 3. The van der Waals surface area contributed by atoms with E-state index in [4.69, 9.17) is 35.3 Å². The van der Waals surface area contributed by atoms with Gasteiger partial charge in [-0.15, -0.1) is 0 Å². The molecular weight excluding hydrogens is 510 g/mol. The average molecular weight is 542 g/mol. The number of halogens is 1. The monoisotopic (exact) mass is 541 g/mol. The van der Waals surface area contributed by atoms with Crippen molar-refractivity contribution < 1.29 is 23.7 Å². The molecule has 3 aliphatic rings. The van der Waals surface area contributed by atoms with Crippen LogP contribution in [-0.2, 0) is 4.74 Å². The van der Waals surface area contributed by atoms with Crippen LogP contribution in [-0.4, -0.2) is 80.3 Å². The molecule has 10 nitrogen and oxygen atoms in total. The normalized spacial score (nSPS) is 18.0. The summed E-state index contributed by atoms with van der Waals surface area (Å²) in [5, 5.41) is 7.99. The van der Waals surface area contributed by atoms with Gasteiger partial charge in [-0.2, -0.15) is 0 Å². The van der Waals surface area contributed by atoms with Crippen molar-refractivity contribution >= 4 is 34.0 Å². The molecule has 2 aromatic carbocycles. The molecule has 2 fully saturated rings. The lowest BCUT2D eigenvalue weighted by Crippen LogP contribution is -2.43. The Morgan fingerprint density at radius 3 is 2.84 bits per heavy atom. The Morgan fingerprint density at radius 1 is 1.11 bits per heavy atom. The zero-order valence-electron chi connectivity index (χ0n) is 21.2. The van der Waals surface area contributed by atoms with Crippen molar-refractivity contribution in [2.45, 2.75) is 25.4 Å². The van der Waals surface area contributed by atoms with Gasteiger partial charge >= 0.3 is 0 Å². The van der Waals surface area contributed by atoms with E-state index in [1.54, 1.807) is 12.1 Å². The van der Waals surface area contributed by atoms with E-state index in [0.29, 0.717) is 59.1 Å². The van der Waals surface area contributed by atoms with E-state index in [1.807, 2.05) is 12.1 Å². The molecule has 202 valence electrons. The zero-order chi connectivity index (χ0) is 25.7. The van der Waals surface area contributed by atoms with Crippen LogP contribution in [0.1, 0.15) is 19.3 Å². The number of aromatic nitrogens is 2. The van der Waals surface area contributed by atoms with E-state index in [-0.39, 0.29) is 12.9 Å². The SMILES string of the molecule is Clc1ccc2c(c1Nc1ncnc3cc(OCCCN4CCNCC4)cc(OC4CCOCC4)c13)OCO2. The molecule has 0 bridgehead atoms. The van der Waals surface area contributed by atoms with Crippen LogP contribution < -0.4 is 29.6 Å². The van der Waals surface area contributed by atoms with Gasteiger partial charge in [0.05, 0.1) is 35.7 Å². The molecule has 2 saturated heterocycles. The minimum atomic E-state index is 0.0317. The van der Waals surface area contributed by atoms with Gasteiger partial charge in [-0.1, -0.05) is 11.6 Å². The van der Waals surface area contributed by atoms with Crippen molar-refractivity contribution in [2.75, 3.05) is 64.7 Å². The van der Waals surface area contributed by atoms with Crippen molar-refractivity contribution in [2.24, 2.45) is 0 Å². The summed E-state index contributed by atoms with van der Waals surface area (Å²) in [5.74, 6) is 3.13. The van der Waals surface area contributed by atoms with Crippen LogP contribution in [0.4, 0.5) is 11.5 Å². The van der Waals surface area contributed by atoms with Gasteiger partial charge in [-0.25, -0.2) is 9.97 Å². The summed E-state index contributed by atoms with van der Waals surface area (Å²) >= 11 is 6.54. The summed E-state index contributed by atoms with van der Waals surface area (Å²) in [5.41, 5.74) is 1.30. The number of piperazine rings is 1. The quantitative estimate of drug-likeness (QED) is 0.387. The lowest BCUT2D eigenvalue weighted by Gasteiger charge is -2.27. The molecule has 3 aliphatic heterocycles. The predicted molar refractivity (Wildman–Crippen MR) is 144 cm³/mol. The van der Waals surface area contributed by atoms with E-state index >= 15 is 0 Å². The second-order valence-corrected chi connectivity index (χ2v) is 9.95. The third-order valence-corrected chi connectivity index (χ3v) is 7.28. The number of hydrogen-bond donors (Lipinski definition) is 2. The van der Waals surface area contributed by atoms with Gasteiger partial charge in [0.2, 0.25) is 6.79 Å². The highest BCUT2D eigenvalue weighted by Gasteiger charge is 2.24. The summed E-state index contributed by atoms with van der Waals surface area (Å²) in [4.78, 5) is 11.6. The fourth-order valence-electron chi connectivity index (χ4n) is 4.97. The van der Waals surface area contributed by atoms with E-state index in [2.05, 4.69) is 25.5 Å². The van der Waals surface area contributed by atoms with E-state index in [0.717, 1.165) is 63.1 Å². The maximum absolute atomic E-state index is 6.54. The van der Waals surface area contributed by atoms with Crippen LogP contribution in [0.25, 0.3) is 10.9 Å². The highest BCUT2D eigenvalue weighted by molar-refractivity contribution is 6.34. The number of nitrogens with one attached hydrogen (secondary N) is 2. The number of ether oxygens (including phenoxy) is 5. The second-order valence-electron chi connectivity index (χ2n) is 9.54. The molecule has 0 spiro atoms. The van der Waals surface area contributed by atoms with Crippen LogP contribution in [0.2, 0.25) is 5.02 Å². The average Bonchev–Trinajstić information content (AvgIpc) is 3.43. The lowest BCUT2D eigenvalue weighted by atomic mass is 10.1. The Hall–Kier alpha value is -3.05. The Kier molecular flexibility index (Phi) is 7.82. The highest BCUT2D eigenvalue weighted by Crippen LogP contribution is 2.46. The Balaban J connectivity index is 1.27. The fourth-order valence-corrected chi connectivity index (χ4v) is 5.17. The number of hydrogen-bond acceptors (Lipinski definition) is 10. The lowest BCUT2D eigenvalue weighted by molar-refractivity contribution is 0.0261. The summed E-state index contributed by atoms with van der Waals surface area (Å²) in [7, 11) is 0. The molecule has 0 atom stereocenters. The fraction of sp³-hybridized carbons (Fsp3) is 0.481. The molecule has 3 aromatic rings. The molecule has 4 heterocycles. The highest BCUT2D eigenvalue weighted by atomic mass is 35.5. The van der Waals surface area contributed by atoms with Crippen molar-refractivity contribution in [3.8, 4) is 23.0 Å². The van der Waals surface area contributed by atoms with Crippen molar-refractivity contribution in [3.05, 3.63) is 35.6 Å². The topological polar surface area (TPSA) is 99.2 Å². The molecule has 11 heteroatoms. The second kappa shape index (κ2) is 11.8. The van der Waals surface area contributed by atoms with Gasteiger partial charge in [0.15, 0.2) is 11.5 Å². The minimum Gasteiger partial charge on any atom is -0.493 e. The molecule has 0 unspecified atom stereocenters. The molecule has 2 N–H and O–H groups in total. The Morgan fingerprint density at radius 2 is 1.97 bits per heavy atom. The van der Waals surface area contributed by atoms with Gasteiger partial charge in [0.1, 0.15) is 35.4 Å². The molecule has 1 aromatic heterocycles. The molecular formula is C27H32ClN5O5. The van der Waals surface area contributed by atoms with Crippen LogP contribution in [0.15, 0.2) is 30.6 Å². The summed E-state index contributed by atoms with van der Waals surface area (Å²) < 4.78 is 29.5. The van der Waals surface area contributed by atoms with Crippen molar-refractivity contribution in [3.63, 3.8) is 0 Å². The van der Waals surface area contributed by atoms with Crippen molar-refractivity contribution in [1.82, 2.24) is 20.2 Å². The van der Waals surface area contributed by atoms with Crippen LogP contribution in [0.5, 0.6) is 23.0 Å². The van der Waals surface area contributed by atoms with Gasteiger partial charge in [-0.05, 0) is 18.6 Å². The molecule has 0 radical (unpaired) electrons. The third kappa shape index (κ3) is 5.68. The maximum Gasteiger partial charge on any atom is 0.231 e. The van der Waals surface area contributed by atoms with Gasteiger partial charge in [0.25, 0.3) is 0 Å².